The minimum absolute atomic E-state index is 0.0255. The van der Waals surface area contributed by atoms with Crippen molar-refractivity contribution < 1.29 is 14.6 Å². The van der Waals surface area contributed by atoms with Crippen LogP contribution in [0.5, 0.6) is 0 Å². The van der Waals surface area contributed by atoms with Gasteiger partial charge < -0.3 is 9.84 Å². The van der Waals surface area contributed by atoms with Gasteiger partial charge >= 0.3 is 5.97 Å². The number of carboxylic acids is 1. The molecule has 3 nitrogen and oxygen atoms in total. The smallest absolute Gasteiger partial charge is 0.309 e. The highest BCUT2D eigenvalue weighted by Gasteiger charge is 2.52. The molecule has 58 valence electrons. The lowest BCUT2D eigenvalue weighted by molar-refractivity contribution is -0.139. The molecule has 0 aromatic heterocycles. The van der Waals surface area contributed by atoms with Gasteiger partial charge in [-0.2, -0.15) is 0 Å². The molecule has 0 unspecified atom stereocenters. The predicted molar refractivity (Wildman–Crippen MR) is 35.7 cm³/mol. The molecule has 3 heteroatoms. The van der Waals surface area contributed by atoms with E-state index in [0.29, 0.717) is 6.61 Å². The molecule has 0 bridgehead atoms. The van der Waals surface area contributed by atoms with Crippen LogP contribution in [0.25, 0.3) is 0 Å². The third-order valence-electron chi connectivity index (χ3n) is 1.94. The Bertz CT molecular complexity index is 144. The van der Waals surface area contributed by atoms with Crippen LogP contribution in [0, 0.1) is 11.8 Å². The highest BCUT2D eigenvalue weighted by Crippen LogP contribution is 2.41. The molecule has 10 heavy (non-hydrogen) atoms. The summed E-state index contributed by atoms with van der Waals surface area (Å²) in [6.45, 7) is 4.39. The first kappa shape index (κ1) is 7.54. The van der Waals surface area contributed by atoms with Crippen LogP contribution in [0.3, 0.4) is 0 Å². The second-order valence-corrected chi connectivity index (χ2v) is 2.64. The van der Waals surface area contributed by atoms with E-state index in [-0.39, 0.29) is 17.9 Å². The quantitative estimate of drug-likeness (QED) is 0.635. The number of rotatable bonds is 3. The van der Waals surface area contributed by atoms with Gasteiger partial charge in [0.1, 0.15) is 0 Å². The maximum Gasteiger partial charge on any atom is 0.309 e. The Labute approximate surface area is 60.0 Å². The molecule has 3 atom stereocenters. The van der Waals surface area contributed by atoms with E-state index >= 15 is 0 Å². The summed E-state index contributed by atoms with van der Waals surface area (Å²) in [5.41, 5.74) is 0. The molecule has 0 aromatic carbocycles. The predicted octanol–water partition coefficient (Wildman–Crippen LogP) is 0.742. The molecule has 0 aliphatic heterocycles. The first-order valence-electron chi connectivity index (χ1n) is 3.53. The zero-order valence-corrected chi connectivity index (χ0v) is 6.20. The van der Waals surface area contributed by atoms with Gasteiger partial charge in [0.15, 0.2) is 0 Å². The van der Waals surface area contributed by atoms with E-state index in [4.69, 9.17) is 9.84 Å². The van der Waals surface area contributed by atoms with E-state index in [1.54, 1.807) is 0 Å². The largest absolute Gasteiger partial charge is 0.481 e. The summed E-state index contributed by atoms with van der Waals surface area (Å²) < 4.78 is 5.16. The molecule has 1 fully saturated rings. The van der Waals surface area contributed by atoms with Crippen molar-refractivity contribution in [1.29, 1.82) is 0 Å². The zero-order valence-electron chi connectivity index (χ0n) is 6.20. The third-order valence-corrected chi connectivity index (χ3v) is 1.94. The molecule has 0 spiro atoms. The molecule has 1 aliphatic carbocycles. The van der Waals surface area contributed by atoms with Gasteiger partial charge in [0.05, 0.1) is 12.0 Å². The summed E-state index contributed by atoms with van der Waals surface area (Å²) >= 11 is 0. The van der Waals surface area contributed by atoms with Gasteiger partial charge in [0, 0.05) is 6.61 Å². The molecule has 0 saturated heterocycles. The minimum Gasteiger partial charge on any atom is -0.481 e. The first-order valence-corrected chi connectivity index (χ1v) is 3.53. The van der Waals surface area contributed by atoms with Crippen molar-refractivity contribution in [3.63, 3.8) is 0 Å². The van der Waals surface area contributed by atoms with E-state index in [1.807, 2.05) is 13.8 Å². The maximum absolute atomic E-state index is 10.4. The monoisotopic (exact) mass is 144 g/mol. The van der Waals surface area contributed by atoms with Crippen LogP contribution in [0.15, 0.2) is 0 Å². The van der Waals surface area contributed by atoms with Crippen LogP contribution < -0.4 is 0 Å². The fraction of sp³-hybridized carbons (Fsp3) is 0.857. The minimum atomic E-state index is -0.731. The van der Waals surface area contributed by atoms with Crippen molar-refractivity contribution in [2.75, 3.05) is 6.61 Å². The Hall–Kier alpha value is -0.570. The summed E-state index contributed by atoms with van der Waals surface area (Å²) in [5.74, 6) is -0.775. The summed E-state index contributed by atoms with van der Waals surface area (Å²) in [7, 11) is 0. The van der Waals surface area contributed by atoms with Gasteiger partial charge in [0.2, 0.25) is 0 Å². The molecular formula is C7H12O3. The maximum atomic E-state index is 10.4. The lowest BCUT2D eigenvalue weighted by Crippen LogP contribution is -2.04. The zero-order chi connectivity index (χ0) is 7.72. The number of hydrogen-bond donors (Lipinski definition) is 1. The van der Waals surface area contributed by atoms with Crippen molar-refractivity contribution in [1.82, 2.24) is 0 Å². The summed E-state index contributed by atoms with van der Waals surface area (Å²) in [6.07, 6.45) is -0.0255. The van der Waals surface area contributed by atoms with Crippen LogP contribution in [-0.4, -0.2) is 23.8 Å². The van der Waals surface area contributed by atoms with Crippen molar-refractivity contribution in [3.05, 3.63) is 0 Å². The van der Waals surface area contributed by atoms with Gasteiger partial charge in [0.25, 0.3) is 0 Å². The molecule has 0 aromatic rings. The molecule has 1 N–H and O–H groups in total. The average molecular weight is 144 g/mol. The summed E-state index contributed by atoms with van der Waals surface area (Å²) in [5, 5.41) is 8.54. The fourth-order valence-electron chi connectivity index (χ4n) is 1.24. The molecule has 0 heterocycles. The Morgan fingerprint density at radius 3 is 2.60 bits per heavy atom. The van der Waals surface area contributed by atoms with Gasteiger partial charge in [-0.1, -0.05) is 6.92 Å². The standard InChI is InChI=1S/C7H12O3/c1-3-10-6-4(2)5(6)7(8)9/h4-6H,3H2,1-2H3,(H,8,9)/t4-,5+,6+/m0/s1. The average Bonchev–Trinajstić information content (AvgIpc) is 2.43. The molecule has 1 aliphatic rings. The Morgan fingerprint density at radius 2 is 2.30 bits per heavy atom. The first-order chi connectivity index (χ1) is 4.68. The lowest BCUT2D eigenvalue weighted by atomic mass is 10.3. The van der Waals surface area contributed by atoms with E-state index in [0.717, 1.165) is 0 Å². The normalized spacial score (nSPS) is 37.6. The number of aliphatic carboxylic acids is 1. The topological polar surface area (TPSA) is 46.5 Å². The number of carboxylic acid groups (broad SMARTS) is 1. The number of ether oxygens (including phenoxy) is 1. The Balaban J connectivity index is 2.34. The molecule has 0 amide bonds. The number of carbonyl (C=O) groups is 1. The van der Waals surface area contributed by atoms with Crippen molar-refractivity contribution in [2.45, 2.75) is 20.0 Å². The van der Waals surface area contributed by atoms with Crippen LogP contribution in [-0.2, 0) is 9.53 Å². The fourth-order valence-corrected chi connectivity index (χ4v) is 1.24. The molecule has 1 rings (SSSR count). The van der Waals surface area contributed by atoms with Crippen LogP contribution in [0.1, 0.15) is 13.8 Å². The van der Waals surface area contributed by atoms with E-state index in [2.05, 4.69) is 0 Å². The van der Waals surface area contributed by atoms with Crippen LogP contribution in [0.2, 0.25) is 0 Å². The third kappa shape index (κ3) is 1.14. The molecule has 0 radical (unpaired) electrons. The van der Waals surface area contributed by atoms with E-state index in [1.165, 1.54) is 0 Å². The van der Waals surface area contributed by atoms with Crippen LogP contribution in [0.4, 0.5) is 0 Å². The van der Waals surface area contributed by atoms with Crippen LogP contribution >= 0.6 is 0 Å². The van der Waals surface area contributed by atoms with Crippen molar-refractivity contribution in [2.24, 2.45) is 11.8 Å². The Kier molecular flexibility index (Phi) is 1.94. The molecule has 1 saturated carbocycles. The van der Waals surface area contributed by atoms with Crippen molar-refractivity contribution >= 4 is 5.97 Å². The summed E-state index contributed by atoms with van der Waals surface area (Å²) in [4.78, 5) is 10.4. The lowest BCUT2D eigenvalue weighted by Gasteiger charge is -1.94. The van der Waals surface area contributed by atoms with E-state index < -0.39 is 5.97 Å². The second-order valence-electron chi connectivity index (χ2n) is 2.64. The molecular weight excluding hydrogens is 132 g/mol. The van der Waals surface area contributed by atoms with Gasteiger partial charge in [-0.3, -0.25) is 4.79 Å². The highest BCUT2D eigenvalue weighted by atomic mass is 16.5. The summed E-state index contributed by atoms with van der Waals surface area (Å²) in [6, 6.07) is 0. The van der Waals surface area contributed by atoms with Gasteiger partial charge in [-0.05, 0) is 12.8 Å². The number of hydrogen-bond acceptors (Lipinski definition) is 2. The second kappa shape index (κ2) is 2.58. The Morgan fingerprint density at radius 1 is 1.70 bits per heavy atom. The SMILES string of the molecule is CCO[C@@H]1[C@@H](C)[C@H]1C(=O)O. The van der Waals surface area contributed by atoms with Gasteiger partial charge in [-0.15, -0.1) is 0 Å². The van der Waals surface area contributed by atoms with Crippen molar-refractivity contribution in [3.8, 4) is 0 Å². The van der Waals surface area contributed by atoms with Gasteiger partial charge in [-0.25, -0.2) is 0 Å². The highest BCUT2D eigenvalue weighted by molar-refractivity contribution is 5.74. The van der Waals surface area contributed by atoms with E-state index in [9.17, 15) is 4.79 Å².